The molecule has 0 fully saturated rings. The highest BCUT2D eigenvalue weighted by atomic mass is 32.1. The fourth-order valence-corrected chi connectivity index (χ4v) is 2.78. The average molecular weight is 317 g/mol. The van der Waals surface area contributed by atoms with E-state index in [-0.39, 0.29) is 5.91 Å². The summed E-state index contributed by atoms with van der Waals surface area (Å²) >= 11 is 2.85. The Bertz CT molecular complexity index is 736. The molecular formula is C14H11N3O2S2. The fourth-order valence-electron chi connectivity index (χ4n) is 1.62. The SMILES string of the molecule is Cc1cnc(NC(=O)c2ccc(Oc3nccs3)cc2)s1. The van der Waals surface area contributed by atoms with Gasteiger partial charge in [-0.2, -0.15) is 0 Å². The van der Waals surface area contributed by atoms with Gasteiger partial charge in [0.25, 0.3) is 11.1 Å². The van der Waals surface area contributed by atoms with Gasteiger partial charge in [0.2, 0.25) is 0 Å². The molecule has 0 spiro atoms. The molecule has 0 radical (unpaired) electrons. The third kappa shape index (κ3) is 3.45. The molecule has 1 N–H and O–H groups in total. The molecule has 0 saturated heterocycles. The van der Waals surface area contributed by atoms with Gasteiger partial charge in [-0.05, 0) is 31.2 Å². The smallest absolute Gasteiger partial charge is 0.278 e. The van der Waals surface area contributed by atoms with E-state index in [1.165, 1.54) is 22.7 Å². The fraction of sp³-hybridized carbons (Fsp3) is 0.0714. The second-order valence-electron chi connectivity index (χ2n) is 4.15. The number of carbonyl (C=O) groups is 1. The number of aryl methyl sites for hydroxylation is 1. The first-order chi connectivity index (χ1) is 10.2. The summed E-state index contributed by atoms with van der Waals surface area (Å²) in [7, 11) is 0. The quantitative estimate of drug-likeness (QED) is 0.791. The number of nitrogens with one attached hydrogen (secondary N) is 1. The normalized spacial score (nSPS) is 10.3. The molecule has 7 heteroatoms. The van der Waals surface area contributed by atoms with Gasteiger partial charge in [0.15, 0.2) is 5.13 Å². The van der Waals surface area contributed by atoms with Crippen molar-refractivity contribution in [3.8, 4) is 10.9 Å². The third-order valence-corrected chi connectivity index (χ3v) is 4.05. The van der Waals surface area contributed by atoms with Crippen molar-refractivity contribution in [1.29, 1.82) is 0 Å². The molecule has 1 aromatic carbocycles. The van der Waals surface area contributed by atoms with Crippen LogP contribution in [0.4, 0.5) is 5.13 Å². The van der Waals surface area contributed by atoms with E-state index in [4.69, 9.17) is 4.74 Å². The zero-order valence-corrected chi connectivity index (χ0v) is 12.7. The number of anilines is 1. The van der Waals surface area contributed by atoms with Gasteiger partial charge >= 0.3 is 0 Å². The summed E-state index contributed by atoms with van der Waals surface area (Å²) < 4.78 is 5.54. The molecule has 21 heavy (non-hydrogen) atoms. The molecule has 1 amide bonds. The Morgan fingerprint density at radius 2 is 2.05 bits per heavy atom. The van der Waals surface area contributed by atoms with Gasteiger partial charge in [0, 0.05) is 28.2 Å². The monoisotopic (exact) mass is 317 g/mol. The van der Waals surface area contributed by atoms with Gasteiger partial charge in [-0.1, -0.05) is 11.3 Å². The first-order valence-corrected chi connectivity index (χ1v) is 7.81. The molecular weight excluding hydrogens is 306 g/mol. The lowest BCUT2D eigenvalue weighted by molar-refractivity contribution is 0.102. The van der Waals surface area contributed by atoms with Gasteiger partial charge in [-0.15, -0.1) is 11.3 Å². The van der Waals surface area contributed by atoms with Crippen LogP contribution in [0.5, 0.6) is 10.9 Å². The molecule has 0 aliphatic heterocycles. The number of aromatic nitrogens is 2. The number of hydrogen-bond acceptors (Lipinski definition) is 6. The minimum absolute atomic E-state index is 0.190. The van der Waals surface area contributed by atoms with Crippen LogP contribution in [0, 0.1) is 6.92 Å². The van der Waals surface area contributed by atoms with E-state index in [2.05, 4.69) is 15.3 Å². The lowest BCUT2D eigenvalue weighted by Gasteiger charge is -2.04. The molecule has 0 aliphatic rings. The number of benzene rings is 1. The van der Waals surface area contributed by atoms with Gasteiger partial charge in [0.1, 0.15) is 5.75 Å². The van der Waals surface area contributed by atoms with Crippen molar-refractivity contribution >= 4 is 33.7 Å². The van der Waals surface area contributed by atoms with Crippen LogP contribution in [-0.4, -0.2) is 15.9 Å². The zero-order valence-electron chi connectivity index (χ0n) is 11.1. The molecule has 0 bridgehead atoms. The van der Waals surface area contributed by atoms with Crippen molar-refractivity contribution in [3.05, 3.63) is 52.5 Å². The number of carbonyl (C=O) groups excluding carboxylic acids is 1. The maximum atomic E-state index is 12.1. The Kier molecular flexibility index (Phi) is 3.94. The standard InChI is InChI=1S/C14H11N3O2S2/c1-9-8-16-13(21-9)17-12(18)10-2-4-11(5-3-10)19-14-15-6-7-20-14/h2-8H,1H3,(H,16,17,18). The molecule has 0 saturated carbocycles. The lowest BCUT2D eigenvalue weighted by Crippen LogP contribution is -2.11. The molecule has 106 valence electrons. The average Bonchev–Trinajstić information content (AvgIpc) is 3.12. The Balaban J connectivity index is 1.67. The Morgan fingerprint density at radius 3 is 2.67 bits per heavy atom. The second-order valence-corrected chi connectivity index (χ2v) is 6.25. The molecule has 2 aromatic heterocycles. The third-order valence-electron chi connectivity index (χ3n) is 2.57. The van der Waals surface area contributed by atoms with Gasteiger partial charge < -0.3 is 4.74 Å². The highest BCUT2D eigenvalue weighted by Gasteiger charge is 2.09. The first kappa shape index (κ1) is 13.7. The molecule has 0 unspecified atom stereocenters. The van der Waals surface area contributed by atoms with Crippen molar-refractivity contribution in [2.45, 2.75) is 6.92 Å². The van der Waals surface area contributed by atoms with Gasteiger partial charge in [-0.25, -0.2) is 9.97 Å². The van der Waals surface area contributed by atoms with Crippen LogP contribution >= 0.6 is 22.7 Å². The molecule has 0 aliphatic carbocycles. The molecule has 2 heterocycles. The minimum atomic E-state index is -0.190. The van der Waals surface area contributed by atoms with E-state index in [0.717, 1.165) is 4.88 Å². The van der Waals surface area contributed by atoms with E-state index in [1.807, 2.05) is 12.3 Å². The maximum absolute atomic E-state index is 12.1. The highest BCUT2D eigenvalue weighted by molar-refractivity contribution is 7.15. The Hall–Kier alpha value is -2.25. The molecule has 0 atom stereocenters. The van der Waals surface area contributed by atoms with E-state index < -0.39 is 0 Å². The minimum Gasteiger partial charge on any atom is -0.431 e. The second kappa shape index (κ2) is 6.02. The van der Waals surface area contributed by atoms with Crippen molar-refractivity contribution in [1.82, 2.24) is 9.97 Å². The van der Waals surface area contributed by atoms with E-state index in [0.29, 0.717) is 21.6 Å². The zero-order chi connectivity index (χ0) is 14.7. The maximum Gasteiger partial charge on any atom is 0.278 e. The van der Waals surface area contributed by atoms with Crippen LogP contribution in [0.1, 0.15) is 15.2 Å². The van der Waals surface area contributed by atoms with Crippen molar-refractivity contribution in [2.24, 2.45) is 0 Å². The van der Waals surface area contributed by atoms with Crippen LogP contribution in [0.3, 0.4) is 0 Å². The highest BCUT2D eigenvalue weighted by Crippen LogP contribution is 2.24. The van der Waals surface area contributed by atoms with Crippen LogP contribution in [0.15, 0.2) is 42.0 Å². The van der Waals surface area contributed by atoms with Crippen LogP contribution < -0.4 is 10.1 Å². The van der Waals surface area contributed by atoms with Crippen LogP contribution in [0.2, 0.25) is 0 Å². The van der Waals surface area contributed by atoms with Crippen molar-refractivity contribution in [2.75, 3.05) is 5.32 Å². The van der Waals surface area contributed by atoms with E-state index in [1.54, 1.807) is 36.7 Å². The summed E-state index contributed by atoms with van der Waals surface area (Å²) in [5.41, 5.74) is 0.550. The van der Waals surface area contributed by atoms with Crippen molar-refractivity contribution < 1.29 is 9.53 Å². The number of thiazole rings is 2. The van der Waals surface area contributed by atoms with E-state index in [9.17, 15) is 4.79 Å². The molecule has 3 rings (SSSR count). The summed E-state index contributed by atoms with van der Waals surface area (Å²) in [6, 6.07) is 6.89. The summed E-state index contributed by atoms with van der Waals surface area (Å²) in [6.45, 7) is 1.94. The summed E-state index contributed by atoms with van der Waals surface area (Å²) in [5.74, 6) is 0.455. The van der Waals surface area contributed by atoms with Crippen LogP contribution in [0.25, 0.3) is 0 Å². The largest absolute Gasteiger partial charge is 0.431 e. The van der Waals surface area contributed by atoms with E-state index >= 15 is 0 Å². The Morgan fingerprint density at radius 1 is 1.24 bits per heavy atom. The number of nitrogens with zero attached hydrogens (tertiary/aromatic N) is 2. The first-order valence-electron chi connectivity index (χ1n) is 6.12. The summed E-state index contributed by atoms with van der Waals surface area (Å²) in [5, 5.41) is 5.77. The Labute approximate surface area is 129 Å². The molecule has 5 nitrogen and oxygen atoms in total. The van der Waals surface area contributed by atoms with Gasteiger partial charge in [-0.3, -0.25) is 10.1 Å². The van der Waals surface area contributed by atoms with Crippen LogP contribution in [-0.2, 0) is 0 Å². The number of ether oxygens (including phenoxy) is 1. The predicted octanol–water partition coefficient (Wildman–Crippen LogP) is 3.95. The predicted molar refractivity (Wildman–Crippen MR) is 83.4 cm³/mol. The van der Waals surface area contributed by atoms with Crippen molar-refractivity contribution in [3.63, 3.8) is 0 Å². The number of hydrogen-bond donors (Lipinski definition) is 1. The number of rotatable bonds is 4. The van der Waals surface area contributed by atoms with Gasteiger partial charge in [0.05, 0.1) is 0 Å². The summed E-state index contributed by atoms with van der Waals surface area (Å²) in [4.78, 5) is 21.3. The molecule has 3 aromatic rings. The topological polar surface area (TPSA) is 64.1 Å². The number of amides is 1. The lowest BCUT2D eigenvalue weighted by atomic mass is 10.2. The summed E-state index contributed by atoms with van der Waals surface area (Å²) in [6.07, 6.45) is 3.41.